The van der Waals surface area contributed by atoms with Crippen molar-refractivity contribution in [2.45, 2.75) is 45.3 Å². The minimum absolute atomic E-state index is 0.414. The van der Waals surface area contributed by atoms with Gasteiger partial charge in [-0.05, 0) is 62.4 Å². The quantitative estimate of drug-likeness (QED) is 0.467. The number of aliphatic hydroxyl groups is 1. The van der Waals surface area contributed by atoms with Crippen LogP contribution in [0.15, 0.2) is 48.5 Å². The van der Waals surface area contributed by atoms with Crippen molar-refractivity contribution in [1.82, 2.24) is 4.57 Å². The van der Waals surface area contributed by atoms with Crippen LogP contribution in [0.1, 0.15) is 29.7 Å². The van der Waals surface area contributed by atoms with Crippen LogP contribution in [0.4, 0.5) is 5.69 Å². The number of carbonyl (C=O) groups is 2. The molecular formula is C24H28N2O5. The molecule has 4 rings (SSSR count). The number of para-hydroxylation sites is 1. The van der Waals surface area contributed by atoms with Crippen molar-refractivity contribution in [1.29, 1.82) is 0 Å². The molecule has 1 atom stereocenters. The molecule has 0 amide bonds. The number of aromatic nitrogens is 1. The van der Waals surface area contributed by atoms with Crippen molar-refractivity contribution in [3.05, 3.63) is 65.4 Å². The Morgan fingerprint density at radius 2 is 1.71 bits per heavy atom. The maximum absolute atomic E-state index is 10.6. The summed E-state index contributed by atoms with van der Waals surface area (Å²) in [7, 11) is 0. The molecule has 0 fully saturated rings. The normalized spacial score (nSPS) is 13.6. The van der Waals surface area contributed by atoms with Crippen LogP contribution >= 0.6 is 0 Å². The number of fused-ring (bicyclic) bond motifs is 3. The van der Waals surface area contributed by atoms with Crippen molar-refractivity contribution >= 4 is 28.5 Å². The molecule has 1 aromatic heterocycles. The minimum atomic E-state index is -1.82. The predicted molar refractivity (Wildman–Crippen MR) is 120 cm³/mol. The molecule has 4 N–H and O–H groups in total. The number of rotatable bonds is 5. The number of aliphatic hydroxyl groups excluding tert-OH is 1. The Balaban J connectivity index is 0.000000401. The van der Waals surface area contributed by atoms with E-state index in [1.165, 1.54) is 47.0 Å². The van der Waals surface area contributed by atoms with Crippen LogP contribution in [0, 0.1) is 6.92 Å². The first kappa shape index (κ1) is 22.4. The molecule has 1 aliphatic carbocycles. The summed E-state index contributed by atoms with van der Waals surface area (Å²) in [4.78, 5) is 18.2. The van der Waals surface area contributed by atoms with Gasteiger partial charge in [-0.2, -0.15) is 0 Å². The molecule has 164 valence electrons. The van der Waals surface area contributed by atoms with E-state index in [9.17, 15) is 5.11 Å². The van der Waals surface area contributed by atoms with Crippen molar-refractivity contribution in [3.63, 3.8) is 0 Å². The first-order valence-electron chi connectivity index (χ1n) is 10.4. The Hall–Kier alpha value is -3.32. The van der Waals surface area contributed by atoms with E-state index in [0.717, 1.165) is 12.1 Å². The van der Waals surface area contributed by atoms with Crippen molar-refractivity contribution < 1.29 is 24.9 Å². The van der Waals surface area contributed by atoms with Gasteiger partial charge in [0.15, 0.2) is 0 Å². The van der Waals surface area contributed by atoms with Crippen LogP contribution in [-0.4, -0.2) is 44.5 Å². The molecule has 0 radical (unpaired) electrons. The fourth-order valence-corrected chi connectivity index (χ4v) is 4.03. The Morgan fingerprint density at radius 1 is 1.03 bits per heavy atom. The Labute approximate surface area is 180 Å². The van der Waals surface area contributed by atoms with Gasteiger partial charge in [-0.3, -0.25) is 0 Å². The molecule has 2 aromatic carbocycles. The van der Waals surface area contributed by atoms with E-state index in [-0.39, 0.29) is 0 Å². The average Bonchev–Trinajstić information content (AvgIpc) is 3.06. The highest BCUT2D eigenvalue weighted by molar-refractivity contribution is 6.27. The summed E-state index contributed by atoms with van der Waals surface area (Å²) < 4.78 is 2.36. The standard InChI is InChI=1S/C22H26N2O.C2H2O4/c1-16-11-12-22-20(13-16)19-9-5-6-10-21(19)24(22)15-18(25)14-23-17-7-3-2-4-8-17;3-1(4)2(5)6/h2-4,7-8,11-13,18,23,25H,5-6,9-10,14-15H2,1H3;(H,3,4)(H,5,6). The molecule has 0 spiro atoms. The third-order valence-electron chi connectivity index (χ3n) is 5.42. The SMILES string of the molecule is Cc1ccc2c(c1)c1c(n2CC(O)CNc2ccccc2)CCCC1.O=C(O)C(=O)O. The summed E-state index contributed by atoms with van der Waals surface area (Å²) >= 11 is 0. The maximum Gasteiger partial charge on any atom is 0.414 e. The van der Waals surface area contributed by atoms with Gasteiger partial charge in [0.25, 0.3) is 0 Å². The van der Waals surface area contributed by atoms with E-state index in [4.69, 9.17) is 19.8 Å². The monoisotopic (exact) mass is 424 g/mol. The number of nitrogens with zero attached hydrogens (tertiary/aromatic N) is 1. The summed E-state index contributed by atoms with van der Waals surface area (Å²) in [6.45, 7) is 3.36. The van der Waals surface area contributed by atoms with E-state index in [0.29, 0.717) is 13.1 Å². The predicted octanol–water partition coefficient (Wildman–Crippen LogP) is 3.46. The second-order valence-electron chi connectivity index (χ2n) is 7.77. The second kappa shape index (κ2) is 10.1. The van der Waals surface area contributed by atoms with Gasteiger partial charge in [0.1, 0.15) is 0 Å². The third kappa shape index (κ3) is 5.64. The molecular weight excluding hydrogens is 396 g/mol. The molecule has 7 nitrogen and oxygen atoms in total. The molecule has 3 aromatic rings. The van der Waals surface area contributed by atoms with Gasteiger partial charge in [0.2, 0.25) is 0 Å². The van der Waals surface area contributed by atoms with Crippen LogP contribution in [0.25, 0.3) is 10.9 Å². The van der Waals surface area contributed by atoms with Crippen molar-refractivity contribution in [2.75, 3.05) is 11.9 Å². The van der Waals surface area contributed by atoms with Gasteiger partial charge < -0.3 is 25.2 Å². The highest BCUT2D eigenvalue weighted by Gasteiger charge is 2.21. The lowest BCUT2D eigenvalue weighted by Crippen LogP contribution is -2.26. The fraction of sp³-hybridized carbons (Fsp3) is 0.333. The minimum Gasteiger partial charge on any atom is -0.473 e. The Kier molecular flexibility index (Phi) is 7.31. The number of anilines is 1. The maximum atomic E-state index is 10.6. The van der Waals surface area contributed by atoms with Crippen molar-refractivity contribution in [2.24, 2.45) is 0 Å². The van der Waals surface area contributed by atoms with Crippen LogP contribution in [0.2, 0.25) is 0 Å². The van der Waals surface area contributed by atoms with Gasteiger partial charge in [-0.1, -0.05) is 29.8 Å². The summed E-state index contributed by atoms with van der Waals surface area (Å²) in [6, 6.07) is 16.8. The van der Waals surface area contributed by atoms with Crippen LogP contribution < -0.4 is 5.32 Å². The number of carboxylic acids is 2. The van der Waals surface area contributed by atoms with Crippen LogP contribution in [-0.2, 0) is 29.0 Å². The molecule has 1 heterocycles. The number of aryl methyl sites for hydroxylation is 2. The summed E-state index contributed by atoms with van der Waals surface area (Å²) in [5, 5.41) is 30.1. The molecule has 0 aliphatic heterocycles. The first-order chi connectivity index (χ1) is 14.9. The molecule has 0 bridgehead atoms. The number of aliphatic carboxylic acids is 2. The van der Waals surface area contributed by atoms with E-state index in [2.05, 4.69) is 35.0 Å². The molecule has 0 saturated heterocycles. The van der Waals surface area contributed by atoms with Gasteiger partial charge in [-0.15, -0.1) is 0 Å². The fourth-order valence-electron chi connectivity index (χ4n) is 4.03. The average molecular weight is 424 g/mol. The number of benzene rings is 2. The van der Waals surface area contributed by atoms with E-state index in [1.807, 2.05) is 30.3 Å². The number of nitrogens with one attached hydrogen (secondary N) is 1. The lowest BCUT2D eigenvalue weighted by molar-refractivity contribution is -0.159. The first-order valence-corrected chi connectivity index (χ1v) is 10.4. The Morgan fingerprint density at radius 3 is 2.39 bits per heavy atom. The van der Waals surface area contributed by atoms with Gasteiger partial charge in [0, 0.05) is 28.8 Å². The van der Waals surface area contributed by atoms with Crippen LogP contribution in [0.3, 0.4) is 0 Å². The number of hydrogen-bond acceptors (Lipinski definition) is 4. The summed E-state index contributed by atoms with van der Waals surface area (Å²) in [6.07, 6.45) is 4.41. The van der Waals surface area contributed by atoms with Gasteiger partial charge in [-0.25, -0.2) is 9.59 Å². The van der Waals surface area contributed by atoms with E-state index >= 15 is 0 Å². The molecule has 7 heteroatoms. The molecule has 31 heavy (non-hydrogen) atoms. The van der Waals surface area contributed by atoms with E-state index in [1.54, 1.807) is 0 Å². The van der Waals surface area contributed by atoms with Crippen molar-refractivity contribution in [3.8, 4) is 0 Å². The molecule has 1 unspecified atom stereocenters. The highest BCUT2D eigenvalue weighted by Crippen LogP contribution is 2.33. The largest absolute Gasteiger partial charge is 0.473 e. The smallest absolute Gasteiger partial charge is 0.414 e. The van der Waals surface area contributed by atoms with Gasteiger partial charge >= 0.3 is 11.9 Å². The third-order valence-corrected chi connectivity index (χ3v) is 5.42. The topological polar surface area (TPSA) is 112 Å². The lowest BCUT2D eigenvalue weighted by Gasteiger charge is -2.19. The van der Waals surface area contributed by atoms with E-state index < -0.39 is 18.0 Å². The summed E-state index contributed by atoms with van der Waals surface area (Å²) in [5.74, 6) is -3.65. The Bertz CT molecular complexity index is 1050. The van der Waals surface area contributed by atoms with Crippen LogP contribution in [0.5, 0.6) is 0 Å². The zero-order valence-electron chi connectivity index (χ0n) is 17.5. The zero-order chi connectivity index (χ0) is 22.4. The number of hydrogen-bond donors (Lipinski definition) is 4. The zero-order valence-corrected chi connectivity index (χ0v) is 17.5. The number of carboxylic acid groups (broad SMARTS) is 2. The summed E-state index contributed by atoms with van der Waals surface area (Å²) in [5.41, 5.74) is 6.58. The highest BCUT2D eigenvalue weighted by atomic mass is 16.4. The molecule has 0 saturated carbocycles. The molecule has 1 aliphatic rings. The van der Waals surface area contributed by atoms with Gasteiger partial charge in [0.05, 0.1) is 12.6 Å². The second-order valence-corrected chi connectivity index (χ2v) is 7.77. The lowest BCUT2D eigenvalue weighted by atomic mass is 9.95.